The van der Waals surface area contributed by atoms with Crippen LogP contribution < -0.4 is 0 Å². The lowest BCUT2D eigenvalue weighted by molar-refractivity contribution is 1.15. The molecule has 302 valence electrons. The van der Waals surface area contributed by atoms with Gasteiger partial charge >= 0.3 is 0 Å². The molecule has 0 amide bonds. The lowest BCUT2D eigenvalue weighted by Crippen LogP contribution is -2.02. The van der Waals surface area contributed by atoms with E-state index in [9.17, 15) is 10.5 Å². The van der Waals surface area contributed by atoms with Crippen LogP contribution in [0.25, 0.3) is 106 Å². The fourth-order valence-corrected chi connectivity index (χ4v) is 8.58. The van der Waals surface area contributed by atoms with E-state index >= 15 is 0 Å². The second kappa shape index (κ2) is 16.5. The van der Waals surface area contributed by atoms with Crippen molar-refractivity contribution in [3.8, 4) is 96.8 Å². The number of hydrogen-bond donors (Lipinski definition) is 0. The average molecular weight is 830 g/mol. The zero-order chi connectivity index (χ0) is 43.7. The van der Waals surface area contributed by atoms with Gasteiger partial charge in [-0.05, 0) is 59.7 Å². The van der Waals surface area contributed by atoms with E-state index in [1.165, 1.54) is 0 Å². The summed E-state index contributed by atoms with van der Waals surface area (Å²) in [4.78, 5) is 20.8. The quantitative estimate of drug-likeness (QED) is 0.151. The van der Waals surface area contributed by atoms with Gasteiger partial charge in [-0.15, -0.1) is 0 Å². The van der Waals surface area contributed by atoms with Crippen LogP contribution in [0.3, 0.4) is 0 Å². The van der Waals surface area contributed by atoms with Gasteiger partial charge in [0.2, 0.25) is 0 Å². The number of aromatic nitrogens is 5. The molecule has 0 atom stereocenters. The highest BCUT2D eigenvalue weighted by Gasteiger charge is 2.21. The topological polar surface area (TPSA) is 104 Å². The summed E-state index contributed by atoms with van der Waals surface area (Å²) in [5, 5.41) is 22.0. The maximum absolute atomic E-state index is 10.2. The van der Waals surface area contributed by atoms with Crippen LogP contribution in [0.1, 0.15) is 11.1 Å². The van der Waals surface area contributed by atoms with Crippen LogP contribution in [0.2, 0.25) is 0 Å². The van der Waals surface area contributed by atoms with Crippen molar-refractivity contribution >= 4 is 21.8 Å². The van der Waals surface area contributed by atoms with Crippen molar-refractivity contribution in [2.24, 2.45) is 0 Å². The fraction of sp³-hybridized carbons (Fsp3) is 0. The molecule has 11 rings (SSSR count). The van der Waals surface area contributed by atoms with E-state index in [0.717, 1.165) is 94.8 Å². The summed E-state index contributed by atoms with van der Waals surface area (Å²) >= 11 is 0. The molecule has 11 aromatic rings. The molecule has 0 N–H and O–H groups in total. The number of benzene rings is 8. The Labute approximate surface area is 375 Å². The Morgan fingerprint density at radius 1 is 0.338 bits per heavy atom. The van der Waals surface area contributed by atoms with E-state index < -0.39 is 0 Å². The molecule has 0 aliphatic heterocycles. The molecule has 0 fully saturated rings. The number of nitrogens with zero attached hydrogens (tertiary/aromatic N) is 7. The first kappa shape index (κ1) is 38.6. The smallest absolute Gasteiger partial charge is 0.160 e. The minimum Gasteiger partial charge on any atom is -0.309 e. The molecule has 0 spiro atoms. The van der Waals surface area contributed by atoms with Gasteiger partial charge in [0.15, 0.2) is 11.6 Å². The minimum atomic E-state index is 0.438. The highest BCUT2D eigenvalue weighted by Crippen LogP contribution is 2.41. The molecule has 3 heterocycles. The summed E-state index contributed by atoms with van der Waals surface area (Å²) in [5.74, 6) is 1.23. The van der Waals surface area contributed by atoms with Crippen LogP contribution in [-0.2, 0) is 0 Å². The van der Waals surface area contributed by atoms with Gasteiger partial charge in [-0.2, -0.15) is 10.5 Å². The number of para-hydroxylation sites is 1. The number of nitriles is 2. The molecule has 0 saturated carbocycles. The van der Waals surface area contributed by atoms with Crippen molar-refractivity contribution in [1.29, 1.82) is 10.5 Å². The average Bonchev–Trinajstić information content (AvgIpc) is 3.72. The van der Waals surface area contributed by atoms with Crippen molar-refractivity contribution in [1.82, 2.24) is 24.5 Å². The predicted molar refractivity (Wildman–Crippen MR) is 259 cm³/mol. The third-order valence-electron chi connectivity index (χ3n) is 11.7. The maximum atomic E-state index is 10.2. The monoisotopic (exact) mass is 829 g/mol. The Balaban J connectivity index is 1.21. The third kappa shape index (κ3) is 7.26. The molecule has 0 aliphatic rings. The molecule has 65 heavy (non-hydrogen) atoms. The van der Waals surface area contributed by atoms with Gasteiger partial charge in [0, 0.05) is 44.2 Å². The molecule has 3 aromatic heterocycles. The largest absolute Gasteiger partial charge is 0.309 e. The van der Waals surface area contributed by atoms with Crippen LogP contribution in [0.15, 0.2) is 212 Å². The third-order valence-corrected chi connectivity index (χ3v) is 11.7. The summed E-state index contributed by atoms with van der Waals surface area (Å²) in [6, 6.07) is 75.6. The summed E-state index contributed by atoms with van der Waals surface area (Å²) in [6.07, 6.45) is 0. The number of fused-ring (bicyclic) bond motifs is 3. The Morgan fingerprint density at radius 3 is 1.45 bits per heavy atom. The molecule has 0 unspecified atom stereocenters. The standard InChI is InChI=1S/C58H35N7/c59-36-38-25-28-46(45(31-38)37-60)43-26-29-48-47-23-13-14-24-54(47)65(56(48)33-43)55-30-27-44(52-34-50(39-15-5-1-6-16-39)61-57(63-52)41-19-9-3-10-20-41)32-49(55)53-35-51(40-17-7-2-8-18-40)62-58(64-53)42-21-11-4-12-22-42/h1-35H. The zero-order valence-electron chi connectivity index (χ0n) is 34.8. The second-order valence-electron chi connectivity index (χ2n) is 15.7. The van der Waals surface area contributed by atoms with Crippen LogP contribution in [-0.4, -0.2) is 24.5 Å². The van der Waals surface area contributed by atoms with Crippen LogP contribution in [0, 0.1) is 22.7 Å². The highest BCUT2D eigenvalue weighted by molar-refractivity contribution is 6.11. The molecular formula is C58H35N7. The van der Waals surface area contributed by atoms with Crippen molar-refractivity contribution in [3.05, 3.63) is 223 Å². The van der Waals surface area contributed by atoms with Crippen LogP contribution >= 0.6 is 0 Å². The van der Waals surface area contributed by atoms with E-state index in [-0.39, 0.29) is 0 Å². The van der Waals surface area contributed by atoms with Gasteiger partial charge in [-0.1, -0.05) is 164 Å². The molecule has 7 nitrogen and oxygen atoms in total. The van der Waals surface area contributed by atoms with E-state index in [1.54, 1.807) is 12.1 Å². The Morgan fingerprint density at radius 2 is 0.846 bits per heavy atom. The van der Waals surface area contributed by atoms with Crippen molar-refractivity contribution in [3.63, 3.8) is 0 Å². The Bertz CT molecular complexity index is 3550. The van der Waals surface area contributed by atoms with E-state index in [4.69, 9.17) is 19.9 Å². The van der Waals surface area contributed by atoms with Crippen LogP contribution in [0.5, 0.6) is 0 Å². The van der Waals surface area contributed by atoms with Gasteiger partial charge in [0.25, 0.3) is 0 Å². The summed E-state index contributed by atoms with van der Waals surface area (Å²) in [6.45, 7) is 0. The van der Waals surface area contributed by atoms with E-state index in [0.29, 0.717) is 22.8 Å². The number of rotatable bonds is 8. The summed E-state index contributed by atoms with van der Waals surface area (Å²) < 4.78 is 2.29. The van der Waals surface area contributed by atoms with Crippen molar-refractivity contribution in [2.45, 2.75) is 0 Å². The SMILES string of the molecule is N#Cc1ccc(-c2ccc3c4ccccc4n(-c4ccc(-c5cc(-c6ccccc6)nc(-c6ccccc6)n5)cc4-c4cc(-c5ccccc5)nc(-c5ccccc5)n4)c3c2)c(C#N)c1. The minimum absolute atomic E-state index is 0.438. The van der Waals surface area contributed by atoms with Gasteiger partial charge in [0.1, 0.15) is 0 Å². The first-order valence-corrected chi connectivity index (χ1v) is 21.2. The zero-order valence-corrected chi connectivity index (χ0v) is 34.8. The predicted octanol–water partition coefficient (Wildman–Crippen LogP) is 13.8. The Kier molecular flexibility index (Phi) is 9.82. The van der Waals surface area contributed by atoms with Crippen LogP contribution in [0.4, 0.5) is 0 Å². The van der Waals surface area contributed by atoms with E-state index in [1.807, 2.05) is 103 Å². The molecule has 0 saturated heterocycles. The molecule has 8 aromatic carbocycles. The normalized spacial score (nSPS) is 11.0. The highest BCUT2D eigenvalue weighted by atomic mass is 15.0. The number of hydrogen-bond acceptors (Lipinski definition) is 6. The van der Waals surface area contributed by atoms with Crippen molar-refractivity contribution in [2.75, 3.05) is 0 Å². The molecule has 0 aliphatic carbocycles. The lowest BCUT2D eigenvalue weighted by Gasteiger charge is -2.17. The second-order valence-corrected chi connectivity index (χ2v) is 15.7. The van der Waals surface area contributed by atoms with Gasteiger partial charge in [-0.25, -0.2) is 19.9 Å². The first-order valence-electron chi connectivity index (χ1n) is 21.2. The van der Waals surface area contributed by atoms with Crippen molar-refractivity contribution < 1.29 is 0 Å². The molecule has 7 heteroatoms. The Hall–Kier alpha value is -9.30. The lowest BCUT2D eigenvalue weighted by atomic mass is 9.97. The molecular weight excluding hydrogens is 795 g/mol. The van der Waals surface area contributed by atoms with Gasteiger partial charge < -0.3 is 4.57 Å². The molecule has 0 bridgehead atoms. The molecule has 0 radical (unpaired) electrons. The van der Waals surface area contributed by atoms with Gasteiger partial charge in [-0.3, -0.25) is 0 Å². The maximum Gasteiger partial charge on any atom is 0.160 e. The summed E-state index contributed by atoms with van der Waals surface area (Å²) in [5.41, 5.74) is 14.0. The van der Waals surface area contributed by atoms with E-state index in [2.05, 4.69) is 114 Å². The summed E-state index contributed by atoms with van der Waals surface area (Å²) in [7, 11) is 0. The first-order chi connectivity index (χ1) is 32.1. The fourth-order valence-electron chi connectivity index (χ4n) is 8.58. The van der Waals surface area contributed by atoms with Gasteiger partial charge in [0.05, 0.1) is 62.8 Å².